The lowest BCUT2D eigenvalue weighted by Crippen LogP contribution is -2.40. The fourth-order valence-corrected chi connectivity index (χ4v) is 2.11. The van der Waals surface area contributed by atoms with Gasteiger partial charge in [0.25, 0.3) is 0 Å². The van der Waals surface area contributed by atoms with Crippen molar-refractivity contribution in [3.8, 4) is 11.5 Å². The first-order valence-electron chi connectivity index (χ1n) is 6.91. The average Bonchev–Trinajstić information content (AvgIpc) is 2.45. The van der Waals surface area contributed by atoms with Gasteiger partial charge in [-0.2, -0.15) is 0 Å². The van der Waals surface area contributed by atoms with Crippen LogP contribution in [-0.4, -0.2) is 50.3 Å². The summed E-state index contributed by atoms with van der Waals surface area (Å²) in [5.74, 6) is 1.41. The fraction of sp³-hybridized carbons (Fsp3) is 0.533. The molecule has 0 saturated heterocycles. The highest BCUT2D eigenvalue weighted by atomic mass is 16.6. The number of nitrogens with zero attached hydrogens (tertiary/aromatic N) is 1. The number of para-hydroxylation sites is 2. The van der Waals surface area contributed by atoms with Gasteiger partial charge in [-0.15, -0.1) is 0 Å². The molecular weight excluding hydrogens is 258 g/mol. The Morgan fingerprint density at radius 2 is 2.15 bits per heavy atom. The molecule has 1 aromatic rings. The molecule has 1 atom stereocenters. The Morgan fingerprint density at radius 1 is 1.40 bits per heavy atom. The van der Waals surface area contributed by atoms with Crippen molar-refractivity contribution in [2.45, 2.75) is 19.4 Å². The molecule has 0 radical (unpaired) electrons. The third-order valence-electron chi connectivity index (χ3n) is 3.09. The molecule has 1 heterocycles. The van der Waals surface area contributed by atoms with Crippen LogP contribution in [0.4, 0.5) is 0 Å². The Bertz CT molecular complexity index is 449. The van der Waals surface area contributed by atoms with Gasteiger partial charge in [-0.25, -0.2) is 0 Å². The molecule has 5 nitrogen and oxygen atoms in total. The van der Waals surface area contributed by atoms with Crippen molar-refractivity contribution >= 4 is 5.97 Å². The lowest BCUT2D eigenvalue weighted by Gasteiger charge is -2.29. The molecule has 0 aliphatic carbocycles. The largest absolute Gasteiger partial charge is 0.486 e. The number of benzene rings is 1. The van der Waals surface area contributed by atoms with E-state index in [2.05, 4.69) is 4.90 Å². The van der Waals surface area contributed by atoms with Crippen molar-refractivity contribution in [1.82, 2.24) is 4.90 Å². The number of esters is 1. The number of carbonyl (C=O) groups excluding carboxylic acids is 1. The Labute approximate surface area is 119 Å². The van der Waals surface area contributed by atoms with E-state index in [9.17, 15) is 4.79 Å². The number of likely N-dealkylation sites (N-methyl/N-ethyl adjacent to an activating group) is 1. The van der Waals surface area contributed by atoms with Gasteiger partial charge in [-0.1, -0.05) is 12.1 Å². The van der Waals surface area contributed by atoms with E-state index in [1.807, 2.05) is 38.2 Å². The van der Waals surface area contributed by atoms with E-state index in [4.69, 9.17) is 14.2 Å². The Balaban J connectivity index is 1.76. The maximum atomic E-state index is 11.3. The van der Waals surface area contributed by atoms with Crippen molar-refractivity contribution in [3.05, 3.63) is 24.3 Å². The van der Waals surface area contributed by atoms with E-state index in [1.165, 1.54) is 0 Å². The van der Waals surface area contributed by atoms with Gasteiger partial charge in [0.1, 0.15) is 12.7 Å². The molecule has 0 aromatic heterocycles. The topological polar surface area (TPSA) is 48.0 Å². The van der Waals surface area contributed by atoms with Crippen molar-refractivity contribution in [3.63, 3.8) is 0 Å². The summed E-state index contributed by atoms with van der Waals surface area (Å²) in [4.78, 5) is 13.4. The maximum absolute atomic E-state index is 11.3. The Kier molecular flexibility index (Phi) is 5.24. The van der Waals surface area contributed by atoms with Crippen molar-refractivity contribution in [2.75, 3.05) is 33.4 Å². The van der Waals surface area contributed by atoms with Crippen molar-refractivity contribution in [2.24, 2.45) is 0 Å². The molecule has 0 bridgehead atoms. The molecule has 20 heavy (non-hydrogen) atoms. The van der Waals surface area contributed by atoms with Crippen LogP contribution in [0.25, 0.3) is 0 Å². The minimum Gasteiger partial charge on any atom is -0.486 e. The summed E-state index contributed by atoms with van der Waals surface area (Å²) in [7, 11) is 1.96. The molecule has 1 aliphatic rings. The predicted octanol–water partition coefficient (Wildman–Crippen LogP) is 1.71. The van der Waals surface area contributed by atoms with Gasteiger partial charge in [-0.05, 0) is 26.1 Å². The van der Waals surface area contributed by atoms with Crippen LogP contribution in [0.5, 0.6) is 11.5 Å². The number of hydrogen-bond donors (Lipinski definition) is 0. The first-order valence-corrected chi connectivity index (χ1v) is 6.91. The van der Waals surface area contributed by atoms with Crippen LogP contribution in [-0.2, 0) is 9.53 Å². The zero-order valence-electron chi connectivity index (χ0n) is 12.0. The highest BCUT2D eigenvalue weighted by Gasteiger charge is 2.22. The van der Waals surface area contributed by atoms with Gasteiger partial charge in [0.15, 0.2) is 11.5 Å². The molecule has 0 fully saturated rings. The Morgan fingerprint density at radius 3 is 2.90 bits per heavy atom. The van der Waals surface area contributed by atoms with Gasteiger partial charge >= 0.3 is 5.97 Å². The molecule has 0 saturated carbocycles. The van der Waals surface area contributed by atoms with E-state index in [-0.39, 0.29) is 12.1 Å². The third kappa shape index (κ3) is 4.13. The zero-order chi connectivity index (χ0) is 14.4. The van der Waals surface area contributed by atoms with E-state index in [1.54, 1.807) is 0 Å². The Hall–Kier alpha value is -1.75. The normalized spacial score (nSPS) is 17.1. The fourth-order valence-electron chi connectivity index (χ4n) is 2.11. The monoisotopic (exact) mass is 279 g/mol. The molecule has 5 heteroatoms. The van der Waals surface area contributed by atoms with Crippen molar-refractivity contribution < 1.29 is 19.0 Å². The van der Waals surface area contributed by atoms with Crippen LogP contribution < -0.4 is 9.47 Å². The summed E-state index contributed by atoms with van der Waals surface area (Å²) in [6.45, 7) is 4.14. The first kappa shape index (κ1) is 14.7. The van der Waals surface area contributed by atoms with Crippen LogP contribution in [0.15, 0.2) is 24.3 Å². The lowest BCUT2D eigenvalue weighted by molar-refractivity contribution is -0.143. The van der Waals surface area contributed by atoms with Gasteiger partial charge in [0.2, 0.25) is 0 Å². The smallest absolute Gasteiger partial charge is 0.307 e. The van der Waals surface area contributed by atoms with Crippen LogP contribution in [0.2, 0.25) is 0 Å². The van der Waals surface area contributed by atoms with Gasteiger partial charge in [-0.3, -0.25) is 4.79 Å². The third-order valence-corrected chi connectivity index (χ3v) is 3.09. The quantitative estimate of drug-likeness (QED) is 0.742. The van der Waals surface area contributed by atoms with Crippen LogP contribution in [0, 0.1) is 0 Å². The highest BCUT2D eigenvalue weighted by Crippen LogP contribution is 2.30. The van der Waals surface area contributed by atoms with E-state index >= 15 is 0 Å². The van der Waals surface area contributed by atoms with Crippen LogP contribution >= 0.6 is 0 Å². The second-order valence-corrected chi connectivity index (χ2v) is 4.81. The second kappa shape index (κ2) is 7.14. The minimum absolute atomic E-state index is 0.0166. The maximum Gasteiger partial charge on any atom is 0.307 e. The summed E-state index contributed by atoms with van der Waals surface area (Å²) in [6.07, 6.45) is 0.381. The van der Waals surface area contributed by atoms with Crippen LogP contribution in [0.3, 0.4) is 0 Å². The molecule has 1 unspecified atom stereocenters. The highest BCUT2D eigenvalue weighted by molar-refractivity contribution is 5.69. The summed E-state index contributed by atoms with van der Waals surface area (Å²) >= 11 is 0. The van der Waals surface area contributed by atoms with Gasteiger partial charge in [0.05, 0.1) is 13.0 Å². The summed E-state index contributed by atoms with van der Waals surface area (Å²) in [5.41, 5.74) is 0. The molecule has 1 aromatic carbocycles. The molecule has 1 aliphatic heterocycles. The molecular formula is C15H21NO4. The number of hydrogen-bond acceptors (Lipinski definition) is 5. The standard InChI is InChI=1S/C15H21NO4/c1-3-18-15(17)8-9-16(2)10-12-11-19-13-6-4-5-7-14(13)20-12/h4-7,12H,3,8-11H2,1-2H3. The molecule has 0 N–H and O–H groups in total. The number of ether oxygens (including phenoxy) is 3. The van der Waals surface area contributed by atoms with E-state index < -0.39 is 0 Å². The van der Waals surface area contributed by atoms with Gasteiger partial charge in [0, 0.05) is 13.1 Å². The van der Waals surface area contributed by atoms with E-state index in [0.717, 1.165) is 11.5 Å². The first-order chi connectivity index (χ1) is 9.69. The average molecular weight is 279 g/mol. The SMILES string of the molecule is CCOC(=O)CCN(C)CC1COc2ccccc2O1. The lowest BCUT2D eigenvalue weighted by atomic mass is 10.2. The number of fused-ring (bicyclic) bond motifs is 1. The molecule has 2 rings (SSSR count). The van der Waals surface area contributed by atoms with Gasteiger partial charge < -0.3 is 19.1 Å². The minimum atomic E-state index is -0.162. The number of carbonyl (C=O) groups is 1. The molecule has 0 spiro atoms. The molecule has 0 amide bonds. The molecule has 110 valence electrons. The summed E-state index contributed by atoms with van der Waals surface area (Å²) in [5, 5.41) is 0. The van der Waals surface area contributed by atoms with Crippen molar-refractivity contribution in [1.29, 1.82) is 0 Å². The summed E-state index contributed by atoms with van der Waals surface area (Å²) < 4.78 is 16.4. The van der Waals surface area contributed by atoms with E-state index in [0.29, 0.717) is 32.7 Å². The van der Waals surface area contributed by atoms with Crippen LogP contribution in [0.1, 0.15) is 13.3 Å². The second-order valence-electron chi connectivity index (χ2n) is 4.81. The predicted molar refractivity (Wildman–Crippen MR) is 75.1 cm³/mol. The zero-order valence-corrected chi connectivity index (χ0v) is 12.0. The number of rotatable bonds is 6. The summed E-state index contributed by atoms with van der Waals surface area (Å²) in [6, 6.07) is 7.65.